The van der Waals surface area contributed by atoms with Crippen LogP contribution in [0.25, 0.3) is 0 Å². The van der Waals surface area contributed by atoms with Crippen LogP contribution in [0.15, 0.2) is 36.5 Å². The molecule has 0 rings (SSSR count). The van der Waals surface area contributed by atoms with Gasteiger partial charge in [0.25, 0.3) is 0 Å². The van der Waals surface area contributed by atoms with Crippen molar-refractivity contribution in [2.24, 2.45) is 0 Å². The van der Waals surface area contributed by atoms with Crippen molar-refractivity contribution < 1.29 is 28.6 Å². The van der Waals surface area contributed by atoms with Crippen LogP contribution in [0.2, 0.25) is 0 Å². The fourth-order valence-corrected chi connectivity index (χ4v) is 7.59. The highest BCUT2D eigenvalue weighted by Gasteiger charge is 2.19. The van der Waals surface area contributed by atoms with E-state index < -0.39 is 6.10 Å². The van der Waals surface area contributed by atoms with E-state index in [9.17, 15) is 14.4 Å². The normalized spacial score (nSPS) is 12.2. The van der Waals surface area contributed by atoms with Gasteiger partial charge in [0.1, 0.15) is 13.2 Å². The van der Waals surface area contributed by atoms with Gasteiger partial charge in [0.15, 0.2) is 6.10 Å². The fourth-order valence-electron chi connectivity index (χ4n) is 7.59. The highest BCUT2D eigenvalue weighted by molar-refractivity contribution is 5.71. The first kappa shape index (κ1) is 58.6. The van der Waals surface area contributed by atoms with Crippen molar-refractivity contribution in [3.63, 3.8) is 0 Å². The van der Waals surface area contributed by atoms with E-state index >= 15 is 0 Å². The van der Waals surface area contributed by atoms with Gasteiger partial charge in [0.2, 0.25) is 0 Å². The van der Waals surface area contributed by atoms with Gasteiger partial charge in [-0.15, -0.1) is 0 Å². The van der Waals surface area contributed by atoms with Gasteiger partial charge in [-0.3, -0.25) is 14.4 Å². The molecule has 356 valence electrons. The number of hydrogen-bond donors (Lipinski definition) is 0. The Balaban J connectivity index is 4.17. The Labute approximate surface area is 378 Å². The molecule has 0 heterocycles. The zero-order valence-corrected chi connectivity index (χ0v) is 40.7. The Morgan fingerprint density at radius 2 is 0.590 bits per heavy atom. The minimum atomic E-state index is -0.771. The van der Waals surface area contributed by atoms with Crippen LogP contribution in [0.4, 0.5) is 0 Å². The monoisotopic (exact) mass is 857 g/mol. The number of rotatable bonds is 48. The number of esters is 3. The molecule has 6 heteroatoms. The molecule has 0 N–H and O–H groups in total. The molecular formula is C55H100O6. The van der Waals surface area contributed by atoms with Gasteiger partial charge < -0.3 is 14.2 Å². The molecule has 1 unspecified atom stereocenters. The van der Waals surface area contributed by atoms with Crippen molar-refractivity contribution in [3.05, 3.63) is 36.5 Å². The molecule has 0 aliphatic carbocycles. The molecule has 0 fully saturated rings. The maximum Gasteiger partial charge on any atom is 0.306 e. The third-order valence-electron chi connectivity index (χ3n) is 11.6. The number of unbranched alkanes of at least 4 members (excludes halogenated alkanes) is 31. The third kappa shape index (κ3) is 48.5. The molecule has 0 bridgehead atoms. The molecule has 0 aromatic rings. The van der Waals surface area contributed by atoms with Crippen LogP contribution in [0.5, 0.6) is 0 Å². The van der Waals surface area contributed by atoms with Crippen LogP contribution in [0.1, 0.15) is 278 Å². The molecule has 6 nitrogen and oxygen atoms in total. The van der Waals surface area contributed by atoms with E-state index in [4.69, 9.17) is 14.2 Å². The van der Waals surface area contributed by atoms with Gasteiger partial charge in [-0.1, -0.05) is 218 Å². The Morgan fingerprint density at radius 3 is 0.951 bits per heavy atom. The van der Waals surface area contributed by atoms with Gasteiger partial charge in [-0.05, 0) is 77.0 Å². The Bertz CT molecular complexity index is 1030. The van der Waals surface area contributed by atoms with Crippen LogP contribution in [-0.2, 0) is 28.6 Å². The second-order valence-corrected chi connectivity index (χ2v) is 17.8. The van der Waals surface area contributed by atoms with E-state index in [1.165, 1.54) is 167 Å². The third-order valence-corrected chi connectivity index (χ3v) is 11.6. The van der Waals surface area contributed by atoms with E-state index in [2.05, 4.69) is 57.2 Å². The number of hydrogen-bond acceptors (Lipinski definition) is 6. The number of carbonyl (C=O) groups excluding carboxylic acids is 3. The SMILES string of the molecule is CCCCC/C=C\CCCCCCCC(=O)OC(COC(=O)CCCCCCCCCC)COC(=O)CCCCCCCCCCCCC/C=C\C/C=C\CCCCCCC. The van der Waals surface area contributed by atoms with E-state index in [1.807, 2.05) is 0 Å². The van der Waals surface area contributed by atoms with Crippen LogP contribution in [-0.4, -0.2) is 37.2 Å². The molecule has 0 radical (unpaired) electrons. The van der Waals surface area contributed by atoms with E-state index in [0.717, 1.165) is 70.6 Å². The van der Waals surface area contributed by atoms with Crippen LogP contribution < -0.4 is 0 Å². The summed E-state index contributed by atoms with van der Waals surface area (Å²) in [5.74, 6) is -0.881. The zero-order valence-electron chi connectivity index (χ0n) is 40.7. The van der Waals surface area contributed by atoms with Gasteiger partial charge >= 0.3 is 17.9 Å². The van der Waals surface area contributed by atoms with Crippen LogP contribution >= 0.6 is 0 Å². The predicted molar refractivity (Wildman–Crippen MR) is 261 cm³/mol. The first-order valence-electron chi connectivity index (χ1n) is 26.5. The number of ether oxygens (including phenoxy) is 3. The Kier molecular flexibility index (Phi) is 48.3. The average molecular weight is 857 g/mol. The van der Waals surface area contributed by atoms with Crippen molar-refractivity contribution >= 4 is 17.9 Å². The molecule has 61 heavy (non-hydrogen) atoms. The Hall–Kier alpha value is -2.37. The minimum absolute atomic E-state index is 0.0738. The summed E-state index contributed by atoms with van der Waals surface area (Å²) in [4.78, 5) is 37.8. The van der Waals surface area contributed by atoms with Gasteiger partial charge in [0.05, 0.1) is 0 Å². The van der Waals surface area contributed by atoms with Crippen LogP contribution in [0.3, 0.4) is 0 Å². The summed E-state index contributed by atoms with van der Waals surface area (Å²) in [7, 11) is 0. The summed E-state index contributed by atoms with van der Waals surface area (Å²) in [6, 6.07) is 0. The lowest BCUT2D eigenvalue weighted by molar-refractivity contribution is -0.167. The van der Waals surface area contributed by atoms with E-state index in [0.29, 0.717) is 19.3 Å². The second-order valence-electron chi connectivity index (χ2n) is 17.8. The van der Waals surface area contributed by atoms with Crippen molar-refractivity contribution in [1.82, 2.24) is 0 Å². The molecule has 0 aliphatic heterocycles. The molecule has 0 amide bonds. The van der Waals surface area contributed by atoms with Crippen LogP contribution in [0, 0.1) is 0 Å². The zero-order chi connectivity index (χ0) is 44.4. The number of allylic oxidation sites excluding steroid dienone is 6. The quantitative estimate of drug-likeness (QED) is 0.0262. The predicted octanol–water partition coefficient (Wildman–Crippen LogP) is 17.3. The maximum atomic E-state index is 12.7. The summed E-state index contributed by atoms with van der Waals surface area (Å²) < 4.78 is 16.7. The first-order chi connectivity index (χ1) is 30.0. The molecule has 1 atom stereocenters. The lowest BCUT2D eigenvalue weighted by Gasteiger charge is -2.18. The van der Waals surface area contributed by atoms with Crippen molar-refractivity contribution in [1.29, 1.82) is 0 Å². The van der Waals surface area contributed by atoms with Crippen molar-refractivity contribution in [2.75, 3.05) is 13.2 Å². The Morgan fingerprint density at radius 1 is 0.328 bits per heavy atom. The fraction of sp³-hybridized carbons (Fsp3) is 0.836. The summed E-state index contributed by atoms with van der Waals surface area (Å²) in [6.07, 6.45) is 58.6. The molecule has 0 aromatic carbocycles. The lowest BCUT2D eigenvalue weighted by Crippen LogP contribution is -2.30. The van der Waals surface area contributed by atoms with Gasteiger partial charge in [0, 0.05) is 19.3 Å². The lowest BCUT2D eigenvalue weighted by atomic mass is 10.0. The standard InChI is InChI=1S/C55H100O6/c1-4-7-10-13-16-19-21-23-24-25-26-27-28-29-30-31-32-33-35-36-39-42-45-48-54(57)60-51-52(50-59-53(56)47-44-41-38-18-15-12-9-6-3)61-55(58)49-46-43-40-37-34-22-20-17-14-11-8-5-2/h17,20-21,23,25-26,52H,4-16,18-19,22,24,27-51H2,1-3H3/b20-17-,23-21-,26-25-. The molecule has 0 saturated heterocycles. The van der Waals surface area contributed by atoms with E-state index in [1.54, 1.807) is 0 Å². The average Bonchev–Trinajstić information content (AvgIpc) is 3.26. The highest BCUT2D eigenvalue weighted by Crippen LogP contribution is 2.15. The van der Waals surface area contributed by atoms with E-state index in [-0.39, 0.29) is 31.1 Å². The largest absolute Gasteiger partial charge is 0.462 e. The molecule has 0 aliphatic rings. The summed E-state index contributed by atoms with van der Waals surface area (Å²) in [5.41, 5.74) is 0. The second kappa shape index (κ2) is 50.3. The van der Waals surface area contributed by atoms with Crippen molar-refractivity contribution in [3.8, 4) is 0 Å². The van der Waals surface area contributed by atoms with Gasteiger partial charge in [-0.2, -0.15) is 0 Å². The van der Waals surface area contributed by atoms with Gasteiger partial charge in [-0.25, -0.2) is 0 Å². The summed E-state index contributed by atoms with van der Waals surface area (Å²) in [5, 5.41) is 0. The first-order valence-corrected chi connectivity index (χ1v) is 26.5. The molecule has 0 aromatic heterocycles. The molecule has 0 spiro atoms. The summed E-state index contributed by atoms with van der Waals surface area (Å²) in [6.45, 7) is 6.58. The number of carbonyl (C=O) groups is 3. The smallest absolute Gasteiger partial charge is 0.306 e. The molecular weight excluding hydrogens is 757 g/mol. The molecule has 0 saturated carbocycles. The maximum absolute atomic E-state index is 12.7. The van der Waals surface area contributed by atoms with Crippen molar-refractivity contribution in [2.45, 2.75) is 284 Å². The summed E-state index contributed by atoms with van der Waals surface area (Å²) >= 11 is 0. The highest BCUT2D eigenvalue weighted by atomic mass is 16.6. The minimum Gasteiger partial charge on any atom is -0.462 e. The topological polar surface area (TPSA) is 78.9 Å².